The van der Waals surface area contributed by atoms with Crippen LogP contribution in [-0.4, -0.2) is 10.2 Å². The first kappa shape index (κ1) is 13.0. The molecule has 1 atom stereocenters. The Labute approximate surface area is 117 Å². The van der Waals surface area contributed by atoms with Crippen molar-refractivity contribution in [3.05, 3.63) is 33.2 Å². The van der Waals surface area contributed by atoms with Gasteiger partial charge in [-0.05, 0) is 31.5 Å². The maximum absolute atomic E-state index is 5.96. The van der Waals surface area contributed by atoms with Gasteiger partial charge in [0.1, 0.15) is 5.01 Å². The van der Waals surface area contributed by atoms with E-state index in [-0.39, 0.29) is 6.04 Å². The fourth-order valence-electron chi connectivity index (χ4n) is 1.39. The zero-order chi connectivity index (χ0) is 12.4. The smallest absolute Gasteiger partial charge is 0.179 e. The van der Waals surface area contributed by atoms with Gasteiger partial charge < -0.3 is 5.73 Å². The predicted molar refractivity (Wildman–Crippen MR) is 75.5 cm³/mol. The maximum Gasteiger partial charge on any atom is 0.179 e. The average molecular weight is 330 g/mol. The highest BCUT2D eigenvalue weighted by molar-refractivity contribution is 9.10. The Kier molecular flexibility index (Phi) is 4.19. The molecule has 0 aliphatic carbocycles. The fraction of sp³-hybridized carbons (Fsp3) is 0.273. The van der Waals surface area contributed by atoms with Crippen LogP contribution in [0, 0.1) is 6.92 Å². The summed E-state index contributed by atoms with van der Waals surface area (Å²) in [6, 6.07) is 6.14. The van der Waals surface area contributed by atoms with Gasteiger partial charge >= 0.3 is 0 Å². The van der Waals surface area contributed by atoms with Crippen molar-refractivity contribution in [3.8, 4) is 0 Å². The molecule has 0 aliphatic rings. The topological polar surface area (TPSA) is 51.8 Å². The molecule has 0 saturated carbocycles. The van der Waals surface area contributed by atoms with E-state index in [0.717, 1.165) is 24.3 Å². The van der Waals surface area contributed by atoms with Crippen LogP contribution in [0.5, 0.6) is 0 Å². The third kappa shape index (κ3) is 3.28. The third-order valence-electron chi connectivity index (χ3n) is 2.17. The molecule has 0 aliphatic heterocycles. The molecule has 3 nitrogen and oxygen atoms in total. The quantitative estimate of drug-likeness (QED) is 0.930. The first-order chi connectivity index (χ1) is 8.06. The molecule has 1 heterocycles. The minimum Gasteiger partial charge on any atom is -0.324 e. The standard InChI is InChI=1S/C11H12BrN3S2/c1-6(13)9-4-3-8(12)5-10(9)17-11-15-14-7(2)16-11/h3-6H,13H2,1-2H3. The number of rotatable bonds is 3. The van der Waals surface area contributed by atoms with Gasteiger partial charge in [0.2, 0.25) is 0 Å². The molecule has 2 rings (SSSR count). The van der Waals surface area contributed by atoms with E-state index in [1.54, 1.807) is 23.1 Å². The molecule has 6 heteroatoms. The zero-order valence-corrected chi connectivity index (χ0v) is 12.7. The highest BCUT2D eigenvalue weighted by atomic mass is 79.9. The summed E-state index contributed by atoms with van der Waals surface area (Å²) in [5.41, 5.74) is 7.09. The largest absolute Gasteiger partial charge is 0.324 e. The van der Waals surface area contributed by atoms with Gasteiger partial charge in [0.25, 0.3) is 0 Å². The van der Waals surface area contributed by atoms with Crippen LogP contribution in [0.25, 0.3) is 0 Å². The van der Waals surface area contributed by atoms with Gasteiger partial charge in [-0.2, -0.15) is 0 Å². The summed E-state index contributed by atoms with van der Waals surface area (Å²) < 4.78 is 1.99. The van der Waals surface area contributed by atoms with Gasteiger partial charge in [-0.3, -0.25) is 0 Å². The molecule has 0 amide bonds. The molecule has 2 aromatic rings. The number of aryl methyl sites for hydroxylation is 1. The van der Waals surface area contributed by atoms with Gasteiger partial charge in [-0.25, -0.2) is 0 Å². The average Bonchev–Trinajstić information content (AvgIpc) is 2.63. The number of hydrogen-bond donors (Lipinski definition) is 1. The van der Waals surface area contributed by atoms with Crippen molar-refractivity contribution in [1.82, 2.24) is 10.2 Å². The molecular weight excluding hydrogens is 318 g/mol. The number of nitrogens with two attached hydrogens (primary N) is 1. The van der Waals surface area contributed by atoms with E-state index >= 15 is 0 Å². The molecule has 1 aromatic heterocycles. The third-order valence-corrected chi connectivity index (χ3v) is 4.63. The van der Waals surface area contributed by atoms with E-state index in [2.05, 4.69) is 32.2 Å². The highest BCUT2D eigenvalue weighted by Gasteiger charge is 2.11. The van der Waals surface area contributed by atoms with E-state index in [0.29, 0.717) is 0 Å². The molecule has 0 fully saturated rings. The lowest BCUT2D eigenvalue weighted by Gasteiger charge is -2.11. The number of halogens is 1. The highest BCUT2D eigenvalue weighted by Crippen LogP contribution is 2.35. The van der Waals surface area contributed by atoms with Gasteiger partial charge in [-0.1, -0.05) is 45.1 Å². The van der Waals surface area contributed by atoms with Crippen molar-refractivity contribution in [1.29, 1.82) is 0 Å². The van der Waals surface area contributed by atoms with Crippen molar-refractivity contribution in [2.75, 3.05) is 0 Å². The maximum atomic E-state index is 5.96. The van der Waals surface area contributed by atoms with Crippen LogP contribution in [0.2, 0.25) is 0 Å². The summed E-state index contributed by atoms with van der Waals surface area (Å²) in [5, 5.41) is 9.11. The van der Waals surface area contributed by atoms with Crippen LogP contribution < -0.4 is 5.73 Å². The first-order valence-electron chi connectivity index (χ1n) is 5.09. The summed E-state index contributed by atoms with van der Waals surface area (Å²) in [4.78, 5) is 1.13. The fourth-order valence-corrected chi connectivity index (χ4v) is 3.94. The lowest BCUT2D eigenvalue weighted by atomic mass is 10.1. The van der Waals surface area contributed by atoms with Crippen LogP contribution in [0.15, 0.2) is 31.9 Å². The van der Waals surface area contributed by atoms with Crippen LogP contribution in [-0.2, 0) is 0 Å². The molecule has 0 bridgehead atoms. The van der Waals surface area contributed by atoms with E-state index in [1.807, 2.05) is 26.0 Å². The van der Waals surface area contributed by atoms with Crippen molar-refractivity contribution >= 4 is 39.0 Å². The number of nitrogens with zero attached hydrogens (tertiary/aromatic N) is 2. The normalized spacial score (nSPS) is 12.7. The van der Waals surface area contributed by atoms with Crippen LogP contribution in [0.4, 0.5) is 0 Å². The molecule has 1 unspecified atom stereocenters. The van der Waals surface area contributed by atoms with E-state index in [9.17, 15) is 0 Å². The Morgan fingerprint density at radius 3 is 2.76 bits per heavy atom. The monoisotopic (exact) mass is 329 g/mol. The van der Waals surface area contributed by atoms with E-state index in [1.165, 1.54) is 0 Å². The van der Waals surface area contributed by atoms with Gasteiger partial charge in [0.05, 0.1) is 0 Å². The second kappa shape index (κ2) is 5.48. The molecule has 0 saturated heterocycles. The molecule has 1 aromatic carbocycles. The van der Waals surface area contributed by atoms with Crippen molar-refractivity contribution in [2.45, 2.75) is 29.1 Å². The summed E-state index contributed by atoms with van der Waals surface area (Å²) in [6.07, 6.45) is 0. The number of aromatic nitrogens is 2. The van der Waals surface area contributed by atoms with E-state index < -0.39 is 0 Å². The van der Waals surface area contributed by atoms with Crippen molar-refractivity contribution < 1.29 is 0 Å². The first-order valence-corrected chi connectivity index (χ1v) is 7.52. The summed E-state index contributed by atoms with van der Waals surface area (Å²) in [5.74, 6) is 0. The second-order valence-electron chi connectivity index (χ2n) is 3.66. The molecule has 0 radical (unpaired) electrons. The summed E-state index contributed by atoms with van der Waals surface area (Å²) in [6.45, 7) is 3.94. The second-order valence-corrected chi connectivity index (χ2v) is 7.05. The predicted octanol–water partition coefficient (Wildman–Crippen LogP) is 3.78. The molecule has 2 N–H and O–H groups in total. The lowest BCUT2D eigenvalue weighted by Crippen LogP contribution is -2.06. The molecular formula is C11H12BrN3S2. The molecule has 90 valence electrons. The van der Waals surface area contributed by atoms with Crippen molar-refractivity contribution in [3.63, 3.8) is 0 Å². The zero-order valence-electron chi connectivity index (χ0n) is 9.48. The molecule has 0 spiro atoms. The minimum atomic E-state index is 0.0135. The van der Waals surface area contributed by atoms with Crippen LogP contribution in [0.1, 0.15) is 23.5 Å². The number of hydrogen-bond acceptors (Lipinski definition) is 5. The Morgan fingerprint density at radius 2 is 2.18 bits per heavy atom. The minimum absolute atomic E-state index is 0.0135. The van der Waals surface area contributed by atoms with Gasteiger partial charge in [-0.15, -0.1) is 10.2 Å². The lowest BCUT2D eigenvalue weighted by molar-refractivity contribution is 0.796. The Bertz CT molecular complexity index is 525. The van der Waals surface area contributed by atoms with Gasteiger partial charge in [0, 0.05) is 15.4 Å². The molecule has 17 heavy (non-hydrogen) atoms. The van der Waals surface area contributed by atoms with E-state index in [4.69, 9.17) is 5.73 Å². The SMILES string of the molecule is Cc1nnc(Sc2cc(Br)ccc2C(C)N)s1. The van der Waals surface area contributed by atoms with Crippen molar-refractivity contribution in [2.24, 2.45) is 5.73 Å². The Hall–Kier alpha value is -0.430. The number of benzene rings is 1. The van der Waals surface area contributed by atoms with Gasteiger partial charge in [0.15, 0.2) is 4.34 Å². The Morgan fingerprint density at radius 1 is 1.41 bits per heavy atom. The van der Waals surface area contributed by atoms with Crippen LogP contribution in [0.3, 0.4) is 0 Å². The summed E-state index contributed by atoms with van der Waals surface area (Å²) >= 11 is 6.68. The Balaban J connectivity index is 2.33. The van der Waals surface area contributed by atoms with Crippen LogP contribution >= 0.6 is 39.0 Å². The summed E-state index contributed by atoms with van der Waals surface area (Å²) in [7, 11) is 0.